The lowest BCUT2D eigenvalue weighted by Crippen LogP contribution is -2.62. The van der Waals surface area contributed by atoms with Gasteiger partial charge in [0.25, 0.3) is 0 Å². The van der Waals surface area contributed by atoms with Gasteiger partial charge in [0.05, 0.1) is 18.8 Å². The maximum atomic E-state index is 10.1. The molecule has 0 aromatic heterocycles. The van der Waals surface area contributed by atoms with E-state index in [1.807, 2.05) is 0 Å². The van der Waals surface area contributed by atoms with Crippen LogP contribution in [0, 0.1) is 0 Å². The summed E-state index contributed by atoms with van der Waals surface area (Å²) in [5, 5.41) is 42.7. The van der Waals surface area contributed by atoms with Crippen molar-refractivity contribution in [3.63, 3.8) is 0 Å². The first-order valence-corrected chi connectivity index (χ1v) is 5.69. The Balaban J connectivity index is 2.06. The van der Waals surface area contributed by atoms with Crippen molar-refractivity contribution in [3.8, 4) is 0 Å². The molecule has 0 amide bonds. The fourth-order valence-corrected chi connectivity index (χ4v) is 2.57. The molecule has 2 fully saturated rings. The zero-order chi connectivity index (χ0) is 11.8. The van der Waals surface area contributed by atoms with Crippen LogP contribution >= 0.6 is 0 Å². The number of nitrogens with zero attached hydrogens (tertiary/aromatic N) is 2. The zero-order valence-corrected chi connectivity index (χ0v) is 9.16. The highest BCUT2D eigenvalue weighted by molar-refractivity contribution is 4.94. The SMILES string of the molecule is OCC1(O)CCCN1C1[N]CC(O)CC1O. The second kappa shape index (κ2) is 4.56. The van der Waals surface area contributed by atoms with E-state index in [1.54, 1.807) is 4.90 Å². The van der Waals surface area contributed by atoms with Crippen molar-refractivity contribution in [1.82, 2.24) is 10.2 Å². The Labute approximate surface area is 94.5 Å². The molecule has 0 bridgehead atoms. The second-order valence-corrected chi connectivity index (χ2v) is 4.67. The number of rotatable bonds is 2. The third kappa shape index (κ3) is 2.09. The second-order valence-electron chi connectivity index (χ2n) is 4.67. The summed E-state index contributed by atoms with van der Waals surface area (Å²) in [7, 11) is 0. The van der Waals surface area contributed by atoms with E-state index in [0.717, 1.165) is 6.42 Å². The molecule has 0 spiro atoms. The van der Waals surface area contributed by atoms with Gasteiger partial charge in [-0.1, -0.05) is 0 Å². The topological polar surface area (TPSA) is 98.3 Å². The minimum atomic E-state index is -1.27. The number of piperidine rings is 1. The molecule has 2 aliphatic rings. The van der Waals surface area contributed by atoms with E-state index >= 15 is 0 Å². The third-order valence-corrected chi connectivity index (χ3v) is 3.44. The van der Waals surface area contributed by atoms with E-state index in [-0.39, 0.29) is 19.6 Å². The molecule has 0 aromatic rings. The number of likely N-dealkylation sites (tertiary alicyclic amines) is 1. The van der Waals surface area contributed by atoms with Crippen molar-refractivity contribution in [2.45, 2.75) is 43.4 Å². The Bertz CT molecular complexity index is 253. The highest BCUT2D eigenvalue weighted by atomic mass is 16.4. The van der Waals surface area contributed by atoms with Crippen LogP contribution in [-0.4, -0.2) is 69.1 Å². The normalized spacial score (nSPS) is 46.1. The van der Waals surface area contributed by atoms with Gasteiger partial charge in [0.2, 0.25) is 0 Å². The van der Waals surface area contributed by atoms with E-state index in [1.165, 1.54) is 0 Å². The molecule has 6 nitrogen and oxygen atoms in total. The smallest absolute Gasteiger partial charge is 0.143 e. The number of aliphatic hydroxyl groups is 4. The van der Waals surface area contributed by atoms with Crippen molar-refractivity contribution in [2.24, 2.45) is 0 Å². The van der Waals surface area contributed by atoms with E-state index in [2.05, 4.69) is 5.32 Å². The summed E-state index contributed by atoms with van der Waals surface area (Å²) in [6, 6.07) is 0. The predicted molar refractivity (Wildman–Crippen MR) is 55.4 cm³/mol. The molecule has 2 aliphatic heterocycles. The first-order valence-electron chi connectivity index (χ1n) is 5.69. The molecule has 2 saturated heterocycles. The van der Waals surface area contributed by atoms with Gasteiger partial charge in [-0.05, 0) is 12.8 Å². The Hall–Kier alpha value is -0.240. The molecule has 93 valence electrons. The van der Waals surface area contributed by atoms with Crippen LogP contribution in [0.4, 0.5) is 0 Å². The van der Waals surface area contributed by atoms with Gasteiger partial charge in [-0.3, -0.25) is 4.90 Å². The summed E-state index contributed by atoms with van der Waals surface area (Å²) in [6.45, 7) is 0.534. The predicted octanol–water partition coefficient (Wildman–Crippen LogP) is -2.18. The Morgan fingerprint density at radius 2 is 2.12 bits per heavy atom. The van der Waals surface area contributed by atoms with Gasteiger partial charge in [-0.15, -0.1) is 0 Å². The van der Waals surface area contributed by atoms with Gasteiger partial charge in [0.15, 0.2) is 0 Å². The van der Waals surface area contributed by atoms with E-state index in [9.17, 15) is 20.4 Å². The van der Waals surface area contributed by atoms with E-state index in [0.29, 0.717) is 13.0 Å². The third-order valence-electron chi connectivity index (χ3n) is 3.44. The first kappa shape index (κ1) is 12.2. The first-order chi connectivity index (χ1) is 7.57. The van der Waals surface area contributed by atoms with Gasteiger partial charge in [0.1, 0.15) is 11.9 Å². The number of hydrogen-bond donors (Lipinski definition) is 4. The van der Waals surface area contributed by atoms with Crippen LogP contribution in [0.25, 0.3) is 0 Å². The van der Waals surface area contributed by atoms with E-state index in [4.69, 9.17) is 0 Å². The Kier molecular flexibility index (Phi) is 3.48. The van der Waals surface area contributed by atoms with E-state index < -0.39 is 24.1 Å². The molecule has 4 N–H and O–H groups in total. The van der Waals surface area contributed by atoms with Crippen molar-refractivity contribution in [2.75, 3.05) is 19.7 Å². The summed E-state index contributed by atoms with van der Waals surface area (Å²) in [5.74, 6) is 0. The molecule has 0 aliphatic carbocycles. The Morgan fingerprint density at radius 1 is 1.38 bits per heavy atom. The zero-order valence-electron chi connectivity index (χ0n) is 9.16. The highest BCUT2D eigenvalue weighted by Crippen LogP contribution is 2.30. The lowest BCUT2D eigenvalue weighted by molar-refractivity contribution is -0.164. The summed E-state index contributed by atoms with van der Waals surface area (Å²) >= 11 is 0. The fourth-order valence-electron chi connectivity index (χ4n) is 2.57. The van der Waals surface area contributed by atoms with Gasteiger partial charge < -0.3 is 20.4 Å². The average Bonchev–Trinajstić information content (AvgIpc) is 2.62. The Morgan fingerprint density at radius 3 is 2.75 bits per heavy atom. The monoisotopic (exact) mass is 231 g/mol. The summed E-state index contributed by atoms with van der Waals surface area (Å²) in [5.41, 5.74) is -1.27. The molecule has 2 rings (SSSR count). The lowest BCUT2D eigenvalue weighted by atomic mass is 10.0. The van der Waals surface area contributed by atoms with Crippen molar-refractivity contribution in [3.05, 3.63) is 0 Å². The van der Waals surface area contributed by atoms with Gasteiger partial charge >= 0.3 is 0 Å². The van der Waals surface area contributed by atoms with Crippen LogP contribution in [0.2, 0.25) is 0 Å². The minimum absolute atomic E-state index is 0.270. The highest BCUT2D eigenvalue weighted by Gasteiger charge is 2.46. The van der Waals surface area contributed by atoms with Crippen LogP contribution in [0.15, 0.2) is 0 Å². The number of aliphatic hydroxyl groups excluding tert-OH is 3. The van der Waals surface area contributed by atoms with Crippen LogP contribution in [0.5, 0.6) is 0 Å². The van der Waals surface area contributed by atoms with Crippen molar-refractivity contribution in [1.29, 1.82) is 0 Å². The fraction of sp³-hybridized carbons (Fsp3) is 1.00. The van der Waals surface area contributed by atoms with Gasteiger partial charge in [-0.25, -0.2) is 5.32 Å². The van der Waals surface area contributed by atoms with Crippen LogP contribution in [0.1, 0.15) is 19.3 Å². The lowest BCUT2D eigenvalue weighted by Gasteiger charge is -2.42. The molecule has 0 saturated carbocycles. The quantitative estimate of drug-likeness (QED) is 0.433. The van der Waals surface area contributed by atoms with Gasteiger partial charge in [0, 0.05) is 19.5 Å². The summed E-state index contributed by atoms with van der Waals surface area (Å²) in [6.07, 6.45) is -0.353. The van der Waals surface area contributed by atoms with Crippen LogP contribution < -0.4 is 5.32 Å². The van der Waals surface area contributed by atoms with Crippen molar-refractivity contribution >= 4 is 0 Å². The maximum Gasteiger partial charge on any atom is 0.143 e. The number of hydrogen-bond acceptors (Lipinski definition) is 5. The molecule has 1 radical (unpaired) electrons. The maximum absolute atomic E-state index is 10.1. The molecular formula is C10H19N2O4. The van der Waals surface area contributed by atoms with Gasteiger partial charge in [-0.2, -0.15) is 0 Å². The molecule has 4 unspecified atom stereocenters. The molecule has 6 heteroatoms. The summed E-state index contributed by atoms with van der Waals surface area (Å²) in [4.78, 5) is 1.64. The molecule has 16 heavy (non-hydrogen) atoms. The molecular weight excluding hydrogens is 212 g/mol. The average molecular weight is 231 g/mol. The standard InChI is InChI=1S/C10H19N2O4/c13-6-10(16)2-1-3-12(10)9-8(15)4-7(14)5-11-9/h7-9,13-16H,1-6H2. The summed E-state index contributed by atoms with van der Waals surface area (Å²) < 4.78 is 0. The van der Waals surface area contributed by atoms with Crippen molar-refractivity contribution < 1.29 is 20.4 Å². The molecule has 0 aromatic carbocycles. The van der Waals surface area contributed by atoms with Crippen LogP contribution in [0.3, 0.4) is 0 Å². The largest absolute Gasteiger partial charge is 0.392 e. The van der Waals surface area contributed by atoms with Crippen LogP contribution in [-0.2, 0) is 0 Å². The molecule has 2 heterocycles. The molecule has 4 atom stereocenters. The minimum Gasteiger partial charge on any atom is -0.392 e.